The first-order valence-electron chi connectivity index (χ1n) is 8.41. The van der Waals surface area contributed by atoms with E-state index in [4.69, 9.17) is 9.47 Å². The summed E-state index contributed by atoms with van der Waals surface area (Å²) in [5.41, 5.74) is 1.31. The van der Waals surface area contributed by atoms with Crippen molar-refractivity contribution in [1.29, 1.82) is 0 Å². The molecule has 2 rings (SSSR count). The fourth-order valence-electron chi connectivity index (χ4n) is 3.53. The van der Waals surface area contributed by atoms with Gasteiger partial charge in [-0.1, -0.05) is 13.0 Å². The molecule has 0 bridgehead atoms. The second kappa shape index (κ2) is 7.84. The Hall–Kier alpha value is -1.26. The molecule has 0 radical (unpaired) electrons. The monoisotopic (exact) mass is 308 g/mol. The lowest BCUT2D eigenvalue weighted by molar-refractivity contribution is -0.922. The van der Waals surface area contributed by atoms with Crippen LogP contribution in [0, 0.1) is 5.92 Å². The SMILES string of the molecule is COc1ccc(CC[NH2+][C@@H]2C[C@H](C)[NH+](C)C[C@H]2C)cc1OC. The van der Waals surface area contributed by atoms with Crippen LogP contribution in [0.3, 0.4) is 0 Å². The number of methoxy groups -OCH3 is 2. The van der Waals surface area contributed by atoms with Crippen molar-refractivity contribution in [3.05, 3.63) is 23.8 Å². The maximum Gasteiger partial charge on any atom is 0.160 e. The summed E-state index contributed by atoms with van der Waals surface area (Å²) in [7, 11) is 5.69. The van der Waals surface area contributed by atoms with Gasteiger partial charge in [0, 0.05) is 6.42 Å². The number of nitrogens with two attached hydrogens (primary N) is 1. The van der Waals surface area contributed by atoms with Crippen LogP contribution < -0.4 is 19.7 Å². The first-order valence-corrected chi connectivity index (χ1v) is 8.41. The van der Waals surface area contributed by atoms with Crippen LogP contribution in [0.25, 0.3) is 0 Å². The van der Waals surface area contributed by atoms with Crippen LogP contribution in [-0.4, -0.2) is 46.4 Å². The van der Waals surface area contributed by atoms with Crippen LogP contribution in [0.5, 0.6) is 11.5 Å². The molecular weight excluding hydrogens is 276 g/mol. The number of hydrogen-bond donors (Lipinski definition) is 2. The molecule has 0 spiro atoms. The average Bonchev–Trinajstić information content (AvgIpc) is 2.52. The summed E-state index contributed by atoms with van der Waals surface area (Å²) in [6.45, 7) is 7.19. The van der Waals surface area contributed by atoms with Crippen LogP contribution in [0.4, 0.5) is 0 Å². The highest BCUT2D eigenvalue weighted by Crippen LogP contribution is 2.27. The number of benzene rings is 1. The third kappa shape index (κ3) is 4.14. The van der Waals surface area contributed by atoms with Gasteiger partial charge >= 0.3 is 0 Å². The Morgan fingerprint density at radius 3 is 2.59 bits per heavy atom. The Morgan fingerprint density at radius 1 is 1.18 bits per heavy atom. The minimum Gasteiger partial charge on any atom is -0.493 e. The minimum atomic E-state index is 0.763. The zero-order valence-corrected chi connectivity index (χ0v) is 14.7. The zero-order chi connectivity index (χ0) is 16.1. The van der Waals surface area contributed by atoms with Crippen LogP contribution in [-0.2, 0) is 6.42 Å². The summed E-state index contributed by atoms with van der Waals surface area (Å²) in [6, 6.07) is 7.77. The number of likely N-dealkylation sites (tertiary alicyclic amines) is 1. The highest BCUT2D eigenvalue weighted by Gasteiger charge is 2.34. The molecule has 1 saturated heterocycles. The van der Waals surface area contributed by atoms with Crippen molar-refractivity contribution in [3.63, 3.8) is 0 Å². The zero-order valence-electron chi connectivity index (χ0n) is 14.7. The van der Waals surface area contributed by atoms with Gasteiger partial charge in [-0.2, -0.15) is 0 Å². The largest absolute Gasteiger partial charge is 0.493 e. The molecular formula is C18H32N2O2+2. The van der Waals surface area contributed by atoms with E-state index in [0.29, 0.717) is 0 Å². The molecule has 1 aliphatic heterocycles. The molecule has 0 saturated carbocycles. The van der Waals surface area contributed by atoms with Crippen molar-refractivity contribution in [2.75, 3.05) is 34.4 Å². The lowest BCUT2D eigenvalue weighted by Gasteiger charge is -2.35. The van der Waals surface area contributed by atoms with Crippen molar-refractivity contribution in [2.45, 2.75) is 38.8 Å². The van der Waals surface area contributed by atoms with E-state index in [0.717, 1.165) is 42.5 Å². The van der Waals surface area contributed by atoms with Crippen LogP contribution in [0.1, 0.15) is 25.8 Å². The summed E-state index contributed by atoms with van der Waals surface area (Å²) in [6.07, 6.45) is 2.39. The van der Waals surface area contributed by atoms with E-state index in [9.17, 15) is 0 Å². The Kier molecular flexibility index (Phi) is 6.09. The van der Waals surface area contributed by atoms with Gasteiger partial charge in [0.2, 0.25) is 0 Å². The lowest BCUT2D eigenvalue weighted by atomic mass is 9.90. The van der Waals surface area contributed by atoms with Gasteiger partial charge in [0.1, 0.15) is 0 Å². The fourth-order valence-corrected chi connectivity index (χ4v) is 3.53. The summed E-state index contributed by atoms with van der Waals surface area (Å²) in [5.74, 6) is 2.42. The molecule has 22 heavy (non-hydrogen) atoms. The molecule has 4 atom stereocenters. The van der Waals surface area contributed by atoms with E-state index >= 15 is 0 Å². The van der Waals surface area contributed by atoms with E-state index in [2.05, 4.69) is 38.3 Å². The van der Waals surface area contributed by atoms with Crippen molar-refractivity contribution in [2.24, 2.45) is 5.92 Å². The van der Waals surface area contributed by atoms with Crippen molar-refractivity contribution in [3.8, 4) is 11.5 Å². The minimum absolute atomic E-state index is 0.763. The number of ether oxygens (including phenoxy) is 2. The molecule has 4 heteroatoms. The Morgan fingerprint density at radius 2 is 1.91 bits per heavy atom. The molecule has 3 N–H and O–H groups in total. The van der Waals surface area contributed by atoms with Crippen LogP contribution in [0.15, 0.2) is 18.2 Å². The Labute approximate surface area is 134 Å². The fraction of sp³-hybridized carbons (Fsp3) is 0.667. The van der Waals surface area contributed by atoms with E-state index in [1.807, 2.05) is 6.07 Å². The molecule has 1 unspecified atom stereocenters. The summed E-state index contributed by atoms with van der Waals surface area (Å²) in [5, 5.41) is 2.55. The molecule has 124 valence electrons. The van der Waals surface area contributed by atoms with Crippen LogP contribution in [0.2, 0.25) is 0 Å². The third-order valence-corrected chi connectivity index (χ3v) is 5.19. The molecule has 0 amide bonds. The quantitative estimate of drug-likeness (QED) is 0.784. The normalized spacial score (nSPS) is 28.4. The van der Waals surface area contributed by atoms with Crippen molar-refractivity contribution in [1.82, 2.24) is 0 Å². The predicted molar refractivity (Wildman–Crippen MR) is 88.8 cm³/mol. The Balaban J connectivity index is 1.86. The Bertz CT molecular complexity index is 478. The summed E-state index contributed by atoms with van der Waals surface area (Å²) < 4.78 is 10.7. The van der Waals surface area contributed by atoms with Gasteiger partial charge in [0.25, 0.3) is 0 Å². The molecule has 4 nitrogen and oxygen atoms in total. The topological polar surface area (TPSA) is 39.5 Å². The smallest absolute Gasteiger partial charge is 0.160 e. The number of nitrogens with one attached hydrogen (secondary N) is 1. The predicted octanol–water partition coefficient (Wildman–Crippen LogP) is 0.121. The molecule has 1 aromatic carbocycles. The molecule has 0 aliphatic carbocycles. The first kappa shape index (κ1) is 17.1. The molecule has 1 aromatic rings. The second-order valence-corrected chi connectivity index (χ2v) is 6.79. The molecule has 1 fully saturated rings. The van der Waals surface area contributed by atoms with Gasteiger partial charge in [-0.25, -0.2) is 0 Å². The number of hydrogen-bond acceptors (Lipinski definition) is 2. The number of piperidine rings is 1. The third-order valence-electron chi connectivity index (χ3n) is 5.19. The van der Waals surface area contributed by atoms with Gasteiger partial charge < -0.3 is 19.7 Å². The maximum absolute atomic E-state index is 5.38. The van der Waals surface area contributed by atoms with Gasteiger partial charge in [0.15, 0.2) is 11.5 Å². The van der Waals surface area contributed by atoms with Gasteiger partial charge in [0.05, 0.1) is 58.8 Å². The van der Waals surface area contributed by atoms with E-state index in [1.54, 1.807) is 19.1 Å². The standard InChI is InChI=1S/C18H30N2O2/c1-13-12-20(3)14(2)10-16(13)19-9-8-15-6-7-17(21-4)18(11-15)22-5/h6-7,11,13-14,16,19H,8-10,12H2,1-5H3/p+2/t13-,14+,16-/m1/s1. The van der Waals surface area contributed by atoms with E-state index < -0.39 is 0 Å². The highest BCUT2D eigenvalue weighted by atomic mass is 16.5. The molecule has 0 aromatic heterocycles. The number of rotatable bonds is 6. The van der Waals surface area contributed by atoms with Gasteiger partial charge in [-0.15, -0.1) is 0 Å². The van der Waals surface area contributed by atoms with E-state index in [1.165, 1.54) is 18.5 Å². The van der Waals surface area contributed by atoms with E-state index in [-0.39, 0.29) is 0 Å². The number of quaternary nitrogens is 2. The average molecular weight is 308 g/mol. The molecule has 1 heterocycles. The van der Waals surface area contributed by atoms with Crippen molar-refractivity contribution < 1.29 is 19.7 Å². The second-order valence-electron chi connectivity index (χ2n) is 6.79. The van der Waals surface area contributed by atoms with Crippen molar-refractivity contribution >= 4 is 0 Å². The molecule has 1 aliphatic rings. The van der Waals surface area contributed by atoms with Gasteiger partial charge in [-0.05, 0) is 24.6 Å². The summed E-state index contributed by atoms with van der Waals surface area (Å²) in [4.78, 5) is 1.68. The van der Waals surface area contributed by atoms with Crippen LogP contribution >= 0.6 is 0 Å². The first-order chi connectivity index (χ1) is 10.5. The summed E-state index contributed by atoms with van der Waals surface area (Å²) >= 11 is 0. The van der Waals surface area contributed by atoms with Gasteiger partial charge in [-0.3, -0.25) is 0 Å². The maximum atomic E-state index is 5.38. The highest BCUT2D eigenvalue weighted by molar-refractivity contribution is 5.42. The lowest BCUT2D eigenvalue weighted by Crippen LogP contribution is -3.16.